The van der Waals surface area contributed by atoms with Crippen molar-refractivity contribution in [2.24, 2.45) is 0 Å². The Hall–Kier alpha value is -9.34. The van der Waals surface area contributed by atoms with Gasteiger partial charge in [0.25, 0.3) is 0 Å². The van der Waals surface area contributed by atoms with Gasteiger partial charge in [-0.25, -0.2) is 0 Å². The van der Waals surface area contributed by atoms with Crippen LogP contribution in [0.15, 0.2) is 297 Å². The van der Waals surface area contributed by atoms with Gasteiger partial charge < -0.3 is 4.57 Å². The molecule has 3 aliphatic carbocycles. The SMILES string of the molecule is [2H]c1c([2H])c([2H])c(-c2ccc([Si](c3ccccc3)(c3ccccc3)c3cccc4c3C3c5ccccc5C4c4cccc(-n5c6ccccc6c6cc(-c7c(-c8ccccc8)cccc7-c7ccccc7)ccc65)c43)cc2)c([2H])c1[2H]. The normalized spacial score (nSPS) is 15.2. The van der Waals surface area contributed by atoms with Crippen molar-refractivity contribution in [3.05, 3.63) is 331 Å². The van der Waals surface area contributed by atoms with Gasteiger partial charge in [-0.05, 0) is 123 Å². The van der Waals surface area contributed by atoms with Crippen LogP contribution in [0.5, 0.6) is 0 Å². The van der Waals surface area contributed by atoms with Crippen LogP contribution in [0.1, 0.15) is 52.1 Å². The van der Waals surface area contributed by atoms with Gasteiger partial charge >= 0.3 is 0 Å². The molecule has 76 heavy (non-hydrogen) atoms. The van der Waals surface area contributed by atoms with Gasteiger partial charge in [-0.15, -0.1) is 0 Å². The minimum atomic E-state index is -3.31. The molecular weight excluding hydrogens is 931 g/mol. The minimum Gasteiger partial charge on any atom is -0.309 e. The average Bonchev–Trinajstić information content (AvgIpc) is 4.02. The van der Waals surface area contributed by atoms with Crippen LogP contribution in [-0.4, -0.2) is 12.6 Å². The Morgan fingerprint density at radius 3 is 1.49 bits per heavy atom. The monoisotopic (exact) mass is 986 g/mol. The molecule has 3 aliphatic rings. The summed E-state index contributed by atoms with van der Waals surface area (Å²) in [5, 5.41) is 7.28. The van der Waals surface area contributed by atoms with Crippen LogP contribution < -0.4 is 20.7 Å². The summed E-state index contributed by atoms with van der Waals surface area (Å²) in [7, 11) is -3.31. The molecule has 2 heteroatoms. The Morgan fingerprint density at radius 1 is 0.329 bits per heavy atom. The summed E-state index contributed by atoms with van der Waals surface area (Å²) in [5.41, 5.74) is 19.3. The van der Waals surface area contributed by atoms with Crippen molar-refractivity contribution in [2.75, 3.05) is 0 Å². The molecule has 356 valence electrons. The Morgan fingerprint density at radius 2 is 0.829 bits per heavy atom. The third kappa shape index (κ3) is 6.71. The molecule has 1 nitrogen and oxygen atoms in total. The quantitative estimate of drug-likeness (QED) is 0.100. The summed E-state index contributed by atoms with van der Waals surface area (Å²) in [6.07, 6.45) is 0. The molecule has 16 rings (SSSR count). The van der Waals surface area contributed by atoms with Crippen LogP contribution in [0.3, 0.4) is 0 Å². The first-order valence-electron chi connectivity index (χ1n) is 28.7. The molecule has 0 radical (unpaired) electrons. The third-order valence-corrected chi connectivity index (χ3v) is 21.3. The lowest BCUT2D eigenvalue weighted by Crippen LogP contribution is -2.75. The first kappa shape index (κ1) is 39.2. The smallest absolute Gasteiger partial charge is 0.179 e. The molecule has 1 heterocycles. The van der Waals surface area contributed by atoms with Crippen molar-refractivity contribution in [3.8, 4) is 50.2 Å². The Kier molecular flexibility index (Phi) is 9.25. The summed E-state index contributed by atoms with van der Waals surface area (Å²) in [6, 6.07) is 96.1. The summed E-state index contributed by atoms with van der Waals surface area (Å²) in [4.78, 5) is 0. The van der Waals surface area contributed by atoms with E-state index in [-0.39, 0.29) is 41.6 Å². The first-order chi connectivity index (χ1) is 39.8. The molecule has 2 bridgehead atoms. The Balaban J connectivity index is 0.979. The number of hydrogen-bond donors (Lipinski definition) is 0. The number of rotatable bonds is 9. The summed E-state index contributed by atoms with van der Waals surface area (Å²) in [6.45, 7) is 0. The number of hydrogen-bond acceptors (Lipinski definition) is 0. The second kappa shape index (κ2) is 18.0. The number of benzene rings is 12. The van der Waals surface area contributed by atoms with E-state index in [1.54, 1.807) is 0 Å². The summed E-state index contributed by atoms with van der Waals surface area (Å²) >= 11 is 0. The maximum absolute atomic E-state index is 8.94. The minimum absolute atomic E-state index is 0.0357. The maximum Gasteiger partial charge on any atom is 0.179 e. The van der Waals surface area contributed by atoms with Crippen LogP contribution in [0.25, 0.3) is 72.0 Å². The molecule has 0 saturated carbocycles. The zero-order valence-electron chi connectivity index (χ0n) is 46.5. The zero-order chi connectivity index (χ0) is 54.5. The standard InChI is InChI=1S/C74H51NSi/c1-6-23-50(24-7-1)51-43-46-57(47-44-51)76(55-29-12-4-13-30-55,56-31-14-5-15-32-56)69-42-22-39-64-71-61-34-16-17-35-62(61)74(73(64)69)72-63(71)38-21-41-68(72)75-66-40-19-18-33-60(66)65-49-54(45-48-67(65)75)70-58(52-25-8-2-9-26-52)36-20-37-59(70)53-27-10-3-11-28-53/h1-49,71,74H/i1D,6D,7D,23D,24D. The van der Waals surface area contributed by atoms with Crippen LogP contribution in [-0.2, 0) is 0 Å². The molecule has 0 saturated heterocycles. The van der Waals surface area contributed by atoms with Crippen LogP contribution in [0.2, 0.25) is 0 Å². The van der Waals surface area contributed by atoms with Crippen molar-refractivity contribution in [2.45, 2.75) is 11.8 Å². The Labute approximate surface area is 452 Å². The van der Waals surface area contributed by atoms with E-state index >= 15 is 0 Å². The van der Waals surface area contributed by atoms with Crippen molar-refractivity contribution in [1.29, 1.82) is 0 Å². The molecule has 13 aromatic rings. The summed E-state index contributed by atoms with van der Waals surface area (Å²) < 4.78 is 45.8. The highest BCUT2D eigenvalue weighted by Gasteiger charge is 2.50. The predicted octanol–water partition coefficient (Wildman–Crippen LogP) is 15.8. The lowest BCUT2D eigenvalue weighted by molar-refractivity contribution is 0.752. The molecule has 0 N–H and O–H groups in total. The van der Waals surface area contributed by atoms with Crippen molar-refractivity contribution in [1.82, 2.24) is 4.57 Å². The fraction of sp³-hybridized carbons (Fsp3) is 0.0270. The first-order valence-corrected chi connectivity index (χ1v) is 28.2. The van der Waals surface area contributed by atoms with Gasteiger partial charge in [0.15, 0.2) is 8.07 Å². The Bertz CT molecular complexity index is 4510. The van der Waals surface area contributed by atoms with Gasteiger partial charge in [-0.2, -0.15) is 0 Å². The number of fused-ring (bicyclic) bond motifs is 3. The van der Waals surface area contributed by atoms with Gasteiger partial charge in [0, 0.05) is 22.6 Å². The van der Waals surface area contributed by atoms with Crippen LogP contribution in [0, 0.1) is 0 Å². The average molecular weight is 987 g/mol. The van der Waals surface area contributed by atoms with E-state index < -0.39 is 14.1 Å². The second-order valence-electron chi connectivity index (χ2n) is 20.2. The van der Waals surface area contributed by atoms with Gasteiger partial charge in [0.05, 0.1) is 23.6 Å². The lowest BCUT2D eigenvalue weighted by atomic mass is 9.60. The highest BCUT2D eigenvalue weighted by Crippen LogP contribution is 2.57. The topological polar surface area (TPSA) is 4.93 Å². The molecule has 2 unspecified atom stereocenters. The fourth-order valence-electron chi connectivity index (χ4n) is 13.4. The predicted molar refractivity (Wildman–Crippen MR) is 321 cm³/mol. The summed E-state index contributed by atoms with van der Waals surface area (Å²) in [5.74, 6) is -0.179. The van der Waals surface area contributed by atoms with Gasteiger partial charge in [0.1, 0.15) is 0 Å². The van der Waals surface area contributed by atoms with E-state index in [0.29, 0.717) is 5.56 Å². The largest absolute Gasteiger partial charge is 0.309 e. The second-order valence-corrected chi connectivity index (χ2v) is 24.0. The molecular formula is C74H51NSi. The van der Waals surface area contributed by atoms with Gasteiger partial charge in [0.2, 0.25) is 0 Å². The zero-order valence-corrected chi connectivity index (χ0v) is 42.5. The van der Waals surface area contributed by atoms with Crippen molar-refractivity contribution >= 4 is 50.6 Å². The number of nitrogens with zero attached hydrogens (tertiary/aromatic N) is 1. The highest BCUT2D eigenvalue weighted by atomic mass is 28.3. The van der Waals surface area contributed by atoms with E-state index in [1.807, 2.05) is 12.1 Å². The fourth-order valence-corrected chi connectivity index (χ4v) is 18.4. The number of aromatic nitrogens is 1. The van der Waals surface area contributed by atoms with Crippen LogP contribution >= 0.6 is 0 Å². The molecule has 0 fully saturated rings. The molecule has 1 aromatic heterocycles. The van der Waals surface area contributed by atoms with E-state index in [9.17, 15) is 0 Å². The van der Waals surface area contributed by atoms with E-state index in [1.165, 1.54) is 93.2 Å². The van der Waals surface area contributed by atoms with E-state index in [4.69, 9.17) is 6.85 Å². The molecule has 2 atom stereocenters. The van der Waals surface area contributed by atoms with Crippen LogP contribution in [0.4, 0.5) is 0 Å². The molecule has 0 aliphatic heterocycles. The van der Waals surface area contributed by atoms with Gasteiger partial charge in [-0.1, -0.05) is 273 Å². The van der Waals surface area contributed by atoms with Gasteiger partial charge in [-0.3, -0.25) is 0 Å². The molecule has 0 amide bonds. The van der Waals surface area contributed by atoms with E-state index in [0.717, 1.165) is 21.8 Å². The van der Waals surface area contributed by atoms with E-state index in [2.05, 4.69) is 259 Å². The third-order valence-electron chi connectivity index (χ3n) is 16.4. The maximum atomic E-state index is 8.94. The van der Waals surface area contributed by atoms with Crippen molar-refractivity contribution < 1.29 is 6.85 Å². The van der Waals surface area contributed by atoms with Crippen molar-refractivity contribution in [3.63, 3.8) is 0 Å². The molecule has 0 spiro atoms. The highest BCUT2D eigenvalue weighted by molar-refractivity contribution is 7.20. The molecule has 12 aromatic carbocycles. The number of para-hydroxylation sites is 1. The lowest BCUT2D eigenvalue weighted by Gasteiger charge is -2.47.